The summed E-state index contributed by atoms with van der Waals surface area (Å²) in [6.07, 6.45) is 5.43. The smallest absolute Gasteiger partial charge is 0.338 e. The van der Waals surface area contributed by atoms with Crippen molar-refractivity contribution >= 4 is 11.9 Å². The molecule has 0 unspecified atom stereocenters. The van der Waals surface area contributed by atoms with Gasteiger partial charge in [0.1, 0.15) is 6.10 Å². The van der Waals surface area contributed by atoms with Gasteiger partial charge in [-0.25, -0.2) is 9.59 Å². The van der Waals surface area contributed by atoms with E-state index in [1.807, 2.05) is 12.2 Å². The van der Waals surface area contributed by atoms with Gasteiger partial charge in [-0.1, -0.05) is 26.0 Å². The number of hydrogen-bond acceptors (Lipinski definition) is 6. The van der Waals surface area contributed by atoms with E-state index in [4.69, 9.17) is 14.2 Å². The van der Waals surface area contributed by atoms with E-state index >= 15 is 0 Å². The third-order valence-corrected chi connectivity index (χ3v) is 5.32. The highest BCUT2D eigenvalue weighted by molar-refractivity contribution is 5.93. The van der Waals surface area contributed by atoms with Gasteiger partial charge in [-0.2, -0.15) is 0 Å². The second kappa shape index (κ2) is 5.33. The maximum absolute atomic E-state index is 12.3. The Bertz CT molecular complexity index is 782. The zero-order valence-corrected chi connectivity index (χ0v) is 14.3. The van der Waals surface area contributed by atoms with Crippen LogP contribution in [-0.4, -0.2) is 35.5 Å². The highest BCUT2D eigenvalue weighted by Crippen LogP contribution is 2.53. The standard InChI is InChI=1S/C19H20O6/c1-9-7-12(24-17(9)21)23-8-11-13-15(20)10-5-4-6-19(2,3)14(10)16(13)25-18(11)22/h4-5,7-8,12-13,15-16,20H,6H2,1-3H3/b11-8+/t12-,13+,15-,16+/m1/s1. The van der Waals surface area contributed by atoms with Crippen molar-refractivity contribution in [2.75, 3.05) is 0 Å². The fourth-order valence-corrected chi connectivity index (χ4v) is 4.04. The van der Waals surface area contributed by atoms with Gasteiger partial charge in [-0.3, -0.25) is 0 Å². The number of carbonyl (C=O) groups is 2. The highest BCUT2D eigenvalue weighted by atomic mass is 16.7. The van der Waals surface area contributed by atoms with Crippen LogP contribution in [0.2, 0.25) is 0 Å². The molecule has 0 saturated carbocycles. The predicted molar refractivity (Wildman–Crippen MR) is 86.7 cm³/mol. The van der Waals surface area contributed by atoms with E-state index in [9.17, 15) is 14.7 Å². The molecule has 132 valence electrons. The molecule has 1 N–H and O–H groups in total. The van der Waals surface area contributed by atoms with Gasteiger partial charge < -0.3 is 19.3 Å². The van der Waals surface area contributed by atoms with Gasteiger partial charge >= 0.3 is 11.9 Å². The maximum Gasteiger partial charge on any atom is 0.338 e. The second-order valence-corrected chi connectivity index (χ2v) is 7.49. The lowest BCUT2D eigenvalue weighted by atomic mass is 9.75. The van der Waals surface area contributed by atoms with Crippen molar-refractivity contribution in [3.63, 3.8) is 0 Å². The summed E-state index contributed by atoms with van der Waals surface area (Å²) in [5, 5.41) is 10.8. The number of aliphatic hydroxyl groups is 1. The van der Waals surface area contributed by atoms with Gasteiger partial charge in [0.2, 0.25) is 0 Å². The molecule has 4 atom stereocenters. The summed E-state index contributed by atoms with van der Waals surface area (Å²) in [4.78, 5) is 23.7. The number of esters is 2. The van der Waals surface area contributed by atoms with Gasteiger partial charge in [0.05, 0.1) is 23.9 Å². The molecule has 4 rings (SSSR count). The Kier molecular flexibility index (Phi) is 3.44. The number of cyclic esters (lactones) is 1. The Labute approximate surface area is 145 Å². The topological polar surface area (TPSA) is 82.1 Å². The quantitative estimate of drug-likeness (QED) is 0.468. The summed E-state index contributed by atoms with van der Waals surface area (Å²) in [5.74, 6) is -1.45. The third-order valence-electron chi connectivity index (χ3n) is 5.32. The maximum atomic E-state index is 12.3. The molecule has 0 bridgehead atoms. The van der Waals surface area contributed by atoms with Crippen LogP contribution in [0.25, 0.3) is 0 Å². The normalized spacial score (nSPS) is 37.0. The lowest BCUT2D eigenvalue weighted by molar-refractivity contribution is -0.152. The molecule has 0 amide bonds. The average molecular weight is 344 g/mol. The van der Waals surface area contributed by atoms with E-state index in [0.717, 1.165) is 17.6 Å². The van der Waals surface area contributed by atoms with Gasteiger partial charge in [-0.05, 0) is 29.9 Å². The lowest BCUT2D eigenvalue weighted by Gasteiger charge is -2.31. The van der Waals surface area contributed by atoms with E-state index in [0.29, 0.717) is 5.57 Å². The molecule has 0 spiro atoms. The molecule has 1 fully saturated rings. The number of aliphatic hydroxyl groups excluding tert-OH is 1. The van der Waals surface area contributed by atoms with Crippen LogP contribution < -0.4 is 0 Å². The Balaban J connectivity index is 1.61. The van der Waals surface area contributed by atoms with Gasteiger partial charge in [0.15, 0.2) is 0 Å². The molecular weight excluding hydrogens is 324 g/mol. The largest absolute Gasteiger partial charge is 0.458 e. The number of fused-ring (bicyclic) bond motifs is 2. The lowest BCUT2D eigenvalue weighted by Crippen LogP contribution is -2.27. The zero-order chi connectivity index (χ0) is 17.9. The molecule has 2 aliphatic carbocycles. The van der Waals surface area contributed by atoms with Crippen LogP contribution in [0.15, 0.2) is 46.8 Å². The zero-order valence-electron chi connectivity index (χ0n) is 14.3. The average Bonchev–Trinajstić information content (AvgIpc) is 3.11. The van der Waals surface area contributed by atoms with E-state index in [1.54, 1.807) is 6.92 Å². The van der Waals surface area contributed by atoms with Crippen molar-refractivity contribution in [3.05, 3.63) is 46.8 Å². The summed E-state index contributed by atoms with van der Waals surface area (Å²) in [6.45, 7) is 5.79. The Morgan fingerprint density at radius 1 is 1.28 bits per heavy atom. The summed E-state index contributed by atoms with van der Waals surface area (Å²) in [7, 11) is 0. The predicted octanol–water partition coefficient (Wildman–Crippen LogP) is 1.91. The first-order chi connectivity index (χ1) is 11.8. The molecule has 0 aromatic rings. The summed E-state index contributed by atoms with van der Waals surface area (Å²) >= 11 is 0. The number of hydrogen-bond donors (Lipinski definition) is 1. The Morgan fingerprint density at radius 3 is 2.72 bits per heavy atom. The fourth-order valence-electron chi connectivity index (χ4n) is 4.04. The minimum Gasteiger partial charge on any atom is -0.458 e. The molecule has 0 aromatic carbocycles. The molecule has 25 heavy (non-hydrogen) atoms. The number of ether oxygens (including phenoxy) is 3. The number of carbonyl (C=O) groups excluding carboxylic acids is 2. The molecule has 6 nitrogen and oxygen atoms in total. The number of rotatable bonds is 2. The van der Waals surface area contributed by atoms with Crippen LogP contribution in [0.5, 0.6) is 0 Å². The first-order valence-electron chi connectivity index (χ1n) is 8.34. The van der Waals surface area contributed by atoms with Crippen LogP contribution in [0.1, 0.15) is 27.2 Å². The van der Waals surface area contributed by atoms with Crippen molar-refractivity contribution in [1.29, 1.82) is 0 Å². The van der Waals surface area contributed by atoms with E-state index < -0.39 is 36.4 Å². The molecule has 2 aliphatic heterocycles. The van der Waals surface area contributed by atoms with Crippen LogP contribution in [0, 0.1) is 11.3 Å². The van der Waals surface area contributed by atoms with Crippen molar-refractivity contribution in [2.45, 2.75) is 45.7 Å². The van der Waals surface area contributed by atoms with Crippen molar-refractivity contribution in [3.8, 4) is 0 Å². The minimum absolute atomic E-state index is 0.179. The van der Waals surface area contributed by atoms with Crippen molar-refractivity contribution in [2.24, 2.45) is 11.3 Å². The number of allylic oxidation sites excluding steroid dienone is 1. The second-order valence-electron chi connectivity index (χ2n) is 7.49. The Morgan fingerprint density at radius 2 is 2.04 bits per heavy atom. The third kappa shape index (κ3) is 2.35. The van der Waals surface area contributed by atoms with Crippen LogP contribution in [0.4, 0.5) is 0 Å². The van der Waals surface area contributed by atoms with Gasteiger partial charge in [0.25, 0.3) is 6.29 Å². The monoisotopic (exact) mass is 344 g/mol. The first-order valence-corrected chi connectivity index (χ1v) is 8.34. The molecule has 4 aliphatic rings. The molecule has 6 heteroatoms. The SMILES string of the molecule is CC1=C[C@H](O/C=C2/C(=O)O[C@@H]3C4=C(C=CCC4(C)C)[C@@H](O)[C@H]23)OC1=O. The highest BCUT2D eigenvalue weighted by Gasteiger charge is 2.56. The van der Waals surface area contributed by atoms with Gasteiger partial charge in [-0.15, -0.1) is 0 Å². The Hall–Kier alpha value is -2.34. The van der Waals surface area contributed by atoms with Crippen molar-refractivity contribution in [1.82, 2.24) is 0 Å². The molecule has 0 aromatic heterocycles. The van der Waals surface area contributed by atoms with Crippen LogP contribution >= 0.6 is 0 Å². The van der Waals surface area contributed by atoms with E-state index in [1.165, 1.54) is 12.3 Å². The summed E-state index contributed by atoms with van der Waals surface area (Å²) in [5.41, 5.74) is 2.35. The van der Waals surface area contributed by atoms with Gasteiger partial charge in [0, 0.05) is 11.6 Å². The summed E-state index contributed by atoms with van der Waals surface area (Å²) < 4.78 is 16.0. The first kappa shape index (κ1) is 16.1. The summed E-state index contributed by atoms with van der Waals surface area (Å²) in [6, 6.07) is 0. The minimum atomic E-state index is -0.857. The van der Waals surface area contributed by atoms with E-state index in [2.05, 4.69) is 13.8 Å². The molecule has 0 radical (unpaired) electrons. The van der Waals surface area contributed by atoms with Crippen LogP contribution in [0.3, 0.4) is 0 Å². The van der Waals surface area contributed by atoms with Crippen LogP contribution in [-0.2, 0) is 23.8 Å². The van der Waals surface area contributed by atoms with E-state index in [-0.39, 0.29) is 11.0 Å². The molecule has 2 heterocycles. The molecule has 1 saturated heterocycles. The fraction of sp³-hybridized carbons (Fsp3) is 0.474. The molecular formula is C19H20O6. The van der Waals surface area contributed by atoms with Crippen molar-refractivity contribution < 1.29 is 28.9 Å².